The van der Waals surface area contributed by atoms with Gasteiger partial charge in [0.1, 0.15) is 11.6 Å². The van der Waals surface area contributed by atoms with Crippen molar-refractivity contribution in [1.82, 2.24) is 4.90 Å². The summed E-state index contributed by atoms with van der Waals surface area (Å²) in [5.41, 5.74) is 6.50. The minimum atomic E-state index is -0.264. The van der Waals surface area contributed by atoms with Crippen LogP contribution in [0.25, 0.3) is 0 Å². The van der Waals surface area contributed by atoms with E-state index in [2.05, 4.69) is 4.90 Å². The zero-order valence-corrected chi connectivity index (χ0v) is 12.4. The van der Waals surface area contributed by atoms with Crippen molar-refractivity contribution in [3.05, 3.63) is 58.8 Å². The van der Waals surface area contributed by atoms with E-state index in [-0.39, 0.29) is 11.9 Å². The molecule has 1 fully saturated rings. The predicted molar refractivity (Wildman–Crippen MR) is 80.5 cm³/mol. The van der Waals surface area contributed by atoms with E-state index in [1.54, 1.807) is 18.4 Å². The molecular weight excluding hydrogens is 291 g/mol. The van der Waals surface area contributed by atoms with Crippen molar-refractivity contribution in [1.29, 1.82) is 0 Å². The number of hydrogen-bond donors (Lipinski definition) is 1. The van der Waals surface area contributed by atoms with Crippen LogP contribution >= 0.6 is 11.6 Å². The van der Waals surface area contributed by atoms with Crippen LogP contribution in [0.5, 0.6) is 0 Å². The first kappa shape index (κ1) is 14.6. The number of rotatable bonds is 6. The van der Waals surface area contributed by atoms with E-state index >= 15 is 0 Å². The van der Waals surface area contributed by atoms with Crippen LogP contribution in [-0.4, -0.2) is 17.5 Å². The third-order valence-electron chi connectivity index (χ3n) is 3.88. The molecular formula is C16H18ClFN2O. The lowest BCUT2D eigenvalue weighted by molar-refractivity contribution is 0.165. The van der Waals surface area contributed by atoms with Gasteiger partial charge in [-0.05, 0) is 43.2 Å². The SMILES string of the molecule is NCC(c1cc(Cl)ccc1F)N(Cc1ccco1)C1CC1. The molecule has 2 aromatic rings. The summed E-state index contributed by atoms with van der Waals surface area (Å²) in [5, 5.41) is 0.526. The van der Waals surface area contributed by atoms with E-state index in [1.807, 2.05) is 12.1 Å². The van der Waals surface area contributed by atoms with Crippen molar-refractivity contribution in [3.63, 3.8) is 0 Å². The molecule has 0 aliphatic heterocycles. The van der Waals surface area contributed by atoms with Gasteiger partial charge in [-0.2, -0.15) is 0 Å². The third kappa shape index (κ3) is 3.28. The number of hydrogen-bond acceptors (Lipinski definition) is 3. The molecule has 1 atom stereocenters. The molecule has 1 aromatic heterocycles. The molecule has 2 N–H and O–H groups in total. The highest BCUT2D eigenvalue weighted by molar-refractivity contribution is 6.30. The van der Waals surface area contributed by atoms with Crippen LogP contribution in [0.4, 0.5) is 4.39 Å². The normalized spacial score (nSPS) is 16.4. The number of nitrogens with zero attached hydrogens (tertiary/aromatic N) is 1. The van der Waals surface area contributed by atoms with E-state index in [9.17, 15) is 4.39 Å². The van der Waals surface area contributed by atoms with E-state index in [4.69, 9.17) is 21.8 Å². The highest BCUT2D eigenvalue weighted by Gasteiger charge is 2.35. The van der Waals surface area contributed by atoms with E-state index in [1.165, 1.54) is 6.07 Å². The van der Waals surface area contributed by atoms with Crippen LogP contribution in [0, 0.1) is 5.82 Å². The van der Waals surface area contributed by atoms with E-state index in [0.29, 0.717) is 29.7 Å². The van der Waals surface area contributed by atoms with Crippen molar-refractivity contribution < 1.29 is 8.81 Å². The van der Waals surface area contributed by atoms with Crippen molar-refractivity contribution in [2.24, 2.45) is 5.73 Å². The van der Waals surface area contributed by atoms with E-state index < -0.39 is 0 Å². The average Bonchev–Trinajstić information content (AvgIpc) is 3.19. The topological polar surface area (TPSA) is 42.4 Å². The number of halogens is 2. The molecule has 1 aliphatic carbocycles. The van der Waals surface area contributed by atoms with Crippen molar-refractivity contribution in [3.8, 4) is 0 Å². The molecule has 1 aliphatic rings. The van der Waals surface area contributed by atoms with Gasteiger partial charge in [-0.25, -0.2) is 4.39 Å². The summed E-state index contributed by atoms with van der Waals surface area (Å²) in [4.78, 5) is 2.22. The maximum Gasteiger partial charge on any atom is 0.128 e. The number of benzene rings is 1. The summed E-state index contributed by atoms with van der Waals surface area (Å²) < 4.78 is 19.6. The fourth-order valence-electron chi connectivity index (χ4n) is 2.69. The third-order valence-corrected chi connectivity index (χ3v) is 4.11. The second-order valence-electron chi connectivity index (χ2n) is 5.40. The Morgan fingerprint density at radius 1 is 1.38 bits per heavy atom. The van der Waals surface area contributed by atoms with Gasteiger partial charge >= 0.3 is 0 Å². The molecule has 0 bridgehead atoms. The molecule has 3 rings (SSSR count). The summed E-state index contributed by atoms with van der Waals surface area (Å²) >= 11 is 6.02. The standard InChI is InChI=1S/C16H18ClFN2O/c17-11-3-6-15(18)14(8-11)16(9-19)20(12-4-5-12)10-13-2-1-7-21-13/h1-3,6-8,12,16H,4-5,9-10,19H2. The summed E-state index contributed by atoms with van der Waals surface area (Å²) in [5.74, 6) is 0.600. The average molecular weight is 309 g/mol. The summed E-state index contributed by atoms with van der Waals surface area (Å²) in [6.45, 7) is 0.972. The molecule has 1 heterocycles. The van der Waals surface area contributed by atoms with Crippen LogP contribution < -0.4 is 5.73 Å². The molecule has 0 saturated heterocycles. The molecule has 1 aromatic carbocycles. The Balaban J connectivity index is 1.89. The maximum absolute atomic E-state index is 14.2. The lowest BCUT2D eigenvalue weighted by Gasteiger charge is -2.31. The van der Waals surface area contributed by atoms with Gasteiger partial charge in [-0.15, -0.1) is 0 Å². The van der Waals surface area contributed by atoms with Gasteiger partial charge in [-0.1, -0.05) is 11.6 Å². The Morgan fingerprint density at radius 2 is 2.19 bits per heavy atom. The molecule has 3 nitrogen and oxygen atoms in total. The molecule has 0 radical (unpaired) electrons. The van der Waals surface area contributed by atoms with Crippen LogP contribution in [0.15, 0.2) is 41.0 Å². The summed E-state index contributed by atoms with van der Waals surface area (Å²) in [6, 6.07) is 8.66. The van der Waals surface area contributed by atoms with Crippen molar-refractivity contribution >= 4 is 11.6 Å². The first-order chi connectivity index (χ1) is 10.2. The molecule has 0 spiro atoms. The molecule has 1 saturated carbocycles. The lowest BCUT2D eigenvalue weighted by Crippen LogP contribution is -2.35. The first-order valence-electron chi connectivity index (χ1n) is 7.12. The fraction of sp³-hybridized carbons (Fsp3) is 0.375. The highest BCUT2D eigenvalue weighted by Crippen LogP contribution is 2.36. The van der Waals surface area contributed by atoms with Crippen LogP contribution in [0.2, 0.25) is 5.02 Å². The Morgan fingerprint density at radius 3 is 2.81 bits per heavy atom. The monoisotopic (exact) mass is 308 g/mol. The van der Waals surface area contributed by atoms with Gasteiger partial charge in [0.25, 0.3) is 0 Å². The largest absolute Gasteiger partial charge is 0.468 e. The summed E-state index contributed by atoms with van der Waals surface area (Å²) in [6.07, 6.45) is 3.87. The quantitative estimate of drug-likeness (QED) is 0.884. The van der Waals surface area contributed by atoms with Gasteiger partial charge in [0.2, 0.25) is 0 Å². The number of nitrogens with two attached hydrogens (primary N) is 1. The molecule has 112 valence electrons. The van der Waals surface area contributed by atoms with Gasteiger partial charge in [0.15, 0.2) is 0 Å². The van der Waals surface area contributed by atoms with Crippen molar-refractivity contribution in [2.45, 2.75) is 31.5 Å². The zero-order chi connectivity index (χ0) is 14.8. The summed E-state index contributed by atoms with van der Waals surface area (Å²) in [7, 11) is 0. The maximum atomic E-state index is 14.2. The van der Waals surface area contributed by atoms with Crippen LogP contribution in [0.1, 0.15) is 30.2 Å². The lowest BCUT2D eigenvalue weighted by atomic mass is 10.0. The smallest absolute Gasteiger partial charge is 0.128 e. The number of furan rings is 1. The second kappa shape index (κ2) is 6.18. The van der Waals surface area contributed by atoms with Gasteiger partial charge in [0, 0.05) is 23.2 Å². The fourth-order valence-corrected chi connectivity index (χ4v) is 2.87. The Kier molecular flexibility index (Phi) is 4.29. The minimum absolute atomic E-state index is 0.193. The van der Waals surface area contributed by atoms with E-state index in [0.717, 1.165) is 18.6 Å². The van der Waals surface area contributed by atoms with Gasteiger partial charge in [0.05, 0.1) is 18.8 Å². The van der Waals surface area contributed by atoms with Crippen molar-refractivity contribution in [2.75, 3.05) is 6.54 Å². The van der Waals surface area contributed by atoms with Gasteiger partial charge < -0.3 is 10.2 Å². The Hall–Kier alpha value is -1.36. The Bertz CT molecular complexity index is 598. The van der Waals surface area contributed by atoms with Crippen LogP contribution in [0.3, 0.4) is 0 Å². The highest BCUT2D eigenvalue weighted by atomic mass is 35.5. The first-order valence-corrected chi connectivity index (χ1v) is 7.50. The van der Waals surface area contributed by atoms with Crippen LogP contribution in [-0.2, 0) is 6.54 Å². The molecule has 5 heteroatoms. The second-order valence-corrected chi connectivity index (χ2v) is 5.84. The Labute approximate surface area is 128 Å². The molecule has 0 amide bonds. The minimum Gasteiger partial charge on any atom is -0.468 e. The molecule has 1 unspecified atom stereocenters. The predicted octanol–water partition coefficient (Wildman–Crippen LogP) is 3.74. The molecule has 21 heavy (non-hydrogen) atoms. The van der Waals surface area contributed by atoms with Gasteiger partial charge in [-0.3, -0.25) is 4.90 Å². The zero-order valence-electron chi connectivity index (χ0n) is 11.6.